The summed E-state index contributed by atoms with van der Waals surface area (Å²) in [7, 11) is 0. The Bertz CT molecular complexity index is 2860. The summed E-state index contributed by atoms with van der Waals surface area (Å²) < 4.78 is 6.43. The summed E-state index contributed by atoms with van der Waals surface area (Å²) in [4.78, 5) is 2.44. The van der Waals surface area contributed by atoms with Crippen LogP contribution in [0, 0.1) is 0 Å². The molecule has 2 nitrogen and oxygen atoms in total. The summed E-state index contributed by atoms with van der Waals surface area (Å²) in [5.74, 6) is 0. The monoisotopic (exact) mass is 637 g/mol. The second-order valence-corrected chi connectivity index (χ2v) is 12.9. The molecule has 10 rings (SSSR count). The van der Waals surface area contributed by atoms with Crippen LogP contribution in [0.25, 0.3) is 76.5 Å². The average molecular weight is 638 g/mol. The summed E-state index contributed by atoms with van der Waals surface area (Å²) in [6.45, 7) is 0. The maximum Gasteiger partial charge on any atom is 0.143 e. The number of fused-ring (bicyclic) bond motifs is 8. The predicted molar refractivity (Wildman–Crippen MR) is 212 cm³/mol. The van der Waals surface area contributed by atoms with Crippen LogP contribution in [0.1, 0.15) is 0 Å². The highest BCUT2D eigenvalue weighted by Gasteiger charge is 2.21. The number of anilines is 3. The van der Waals surface area contributed by atoms with Gasteiger partial charge in [0.05, 0.1) is 11.4 Å². The second-order valence-electron chi connectivity index (χ2n) is 12.9. The largest absolute Gasteiger partial charge is 0.455 e. The average Bonchev–Trinajstić information content (AvgIpc) is 3.58. The van der Waals surface area contributed by atoms with E-state index in [-0.39, 0.29) is 0 Å². The van der Waals surface area contributed by atoms with Gasteiger partial charge in [-0.15, -0.1) is 0 Å². The van der Waals surface area contributed by atoms with Crippen LogP contribution < -0.4 is 4.90 Å². The van der Waals surface area contributed by atoms with Gasteiger partial charge in [-0.25, -0.2) is 0 Å². The molecule has 234 valence electrons. The lowest BCUT2D eigenvalue weighted by atomic mass is 9.94. The number of hydrogen-bond donors (Lipinski definition) is 0. The van der Waals surface area contributed by atoms with Crippen molar-refractivity contribution in [3.05, 3.63) is 188 Å². The summed E-state index contributed by atoms with van der Waals surface area (Å²) in [5.41, 5.74) is 9.72. The van der Waals surface area contributed by atoms with Gasteiger partial charge >= 0.3 is 0 Å². The van der Waals surface area contributed by atoms with E-state index < -0.39 is 0 Å². The molecule has 0 saturated carbocycles. The number of nitrogens with zero attached hydrogens (tertiary/aromatic N) is 1. The zero-order chi connectivity index (χ0) is 33.0. The van der Waals surface area contributed by atoms with Crippen molar-refractivity contribution < 1.29 is 4.42 Å². The standard InChI is InChI=1S/C48H31NO/c1-2-12-32(13-3-1)38-16-6-8-21-43(38)49(44-22-10-15-35-26-27-36-25-24-33-14-4-5-17-39(33)46(36)47(35)44)37-30-28-34(29-31-37)40-19-11-20-42-41-18-7-9-23-45(41)50-48(40)42/h1-31H. The molecule has 0 fully saturated rings. The Morgan fingerprint density at radius 3 is 1.78 bits per heavy atom. The zero-order valence-electron chi connectivity index (χ0n) is 27.3. The van der Waals surface area contributed by atoms with E-state index in [1.807, 2.05) is 12.1 Å². The lowest BCUT2D eigenvalue weighted by Gasteiger charge is -2.29. The van der Waals surface area contributed by atoms with E-state index in [1.165, 1.54) is 43.4 Å². The third-order valence-corrected chi connectivity index (χ3v) is 10.0. The second kappa shape index (κ2) is 11.5. The van der Waals surface area contributed by atoms with Gasteiger partial charge < -0.3 is 9.32 Å². The molecule has 0 amide bonds. The Morgan fingerprint density at radius 1 is 0.340 bits per heavy atom. The van der Waals surface area contributed by atoms with Crippen LogP contribution >= 0.6 is 0 Å². The summed E-state index contributed by atoms with van der Waals surface area (Å²) in [5, 5.41) is 9.72. The van der Waals surface area contributed by atoms with E-state index in [0.29, 0.717) is 0 Å². The van der Waals surface area contributed by atoms with E-state index in [1.54, 1.807) is 0 Å². The maximum atomic E-state index is 6.43. The lowest BCUT2D eigenvalue weighted by molar-refractivity contribution is 0.670. The molecule has 0 saturated heterocycles. The maximum absolute atomic E-state index is 6.43. The minimum atomic E-state index is 0.908. The van der Waals surface area contributed by atoms with Gasteiger partial charge in [-0.2, -0.15) is 0 Å². The van der Waals surface area contributed by atoms with Crippen molar-refractivity contribution in [2.75, 3.05) is 4.90 Å². The molecule has 0 radical (unpaired) electrons. The summed E-state index contributed by atoms with van der Waals surface area (Å²) in [6.07, 6.45) is 0. The molecule has 0 bridgehead atoms. The van der Waals surface area contributed by atoms with E-state index in [0.717, 1.165) is 50.1 Å². The first-order valence-electron chi connectivity index (χ1n) is 17.1. The molecule has 0 aliphatic carbocycles. The topological polar surface area (TPSA) is 16.4 Å². The van der Waals surface area contributed by atoms with Gasteiger partial charge in [0.2, 0.25) is 0 Å². The van der Waals surface area contributed by atoms with Crippen LogP contribution in [0.2, 0.25) is 0 Å². The Balaban J connectivity index is 1.23. The molecule has 0 atom stereocenters. The van der Waals surface area contributed by atoms with Crippen molar-refractivity contribution in [3.63, 3.8) is 0 Å². The Morgan fingerprint density at radius 2 is 0.920 bits per heavy atom. The summed E-state index contributed by atoms with van der Waals surface area (Å²) >= 11 is 0. The van der Waals surface area contributed by atoms with Crippen LogP contribution in [0.3, 0.4) is 0 Å². The quantitative estimate of drug-likeness (QED) is 0.175. The Hall–Kier alpha value is -6.64. The van der Waals surface area contributed by atoms with Crippen molar-refractivity contribution in [2.45, 2.75) is 0 Å². The van der Waals surface area contributed by atoms with Crippen LogP contribution in [0.4, 0.5) is 17.1 Å². The van der Waals surface area contributed by atoms with Gasteiger partial charge in [0, 0.05) is 33.0 Å². The highest BCUT2D eigenvalue weighted by Crippen LogP contribution is 2.46. The highest BCUT2D eigenvalue weighted by molar-refractivity contribution is 6.24. The molecule has 0 aliphatic rings. The number of hydrogen-bond acceptors (Lipinski definition) is 2. The molecule has 0 aliphatic heterocycles. The number of rotatable bonds is 5. The number of furan rings is 1. The van der Waals surface area contributed by atoms with Crippen LogP contribution in [-0.4, -0.2) is 0 Å². The molecule has 2 heteroatoms. The SMILES string of the molecule is c1ccc(-c2ccccc2N(c2ccc(-c3cccc4c3oc3ccccc34)cc2)c2cccc3ccc4ccc5ccccc5c4c23)cc1. The molecular formula is C48H31NO. The van der Waals surface area contributed by atoms with Crippen LogP contribution in [-0.2, 0) is 0 Å². The zero-order valence-corrected chi connectivity index (χ0v) is 27.3. The molecule has 0 unspecified atom stereocenters. The molecule has 9 aromatic carbocycles. The third-order valence-electron chi connectivity index (χ3n) is 10.0. The van der Waals surface area contributed by atoms with Crippen molar-refractivity contribution in [1.29, 1.82) is 0 Å². The lowest BCUT2D eigenvalue weighted by Crippen LogP contribution is -2.12. The van der Waals surface area contributed by atoms with E-state index in [9.17, 15) is 0 Å². The number of benzene rings is 9. The molecule has 50 heavy (non-hydrogen) atoms. The first-order chi connectivity index (χ1) is 24.8. The minimum absolute atomic E-state index is 0.908. The fourth-order valence-corrected chi connectivity index (χ4v) is 7.74. The van der Waals surface area contributed by atoms with Gasteiger partial charge in [0.1, 0.15) is 11.2 Å². The molecule has 0 N–H and O–H groups in total. The Kier molecular flexibility index (Phi) is 6.53. The smallest absolute Gasteiger partial charge is 0.143 e. The van der Waals surface area contributed by atoms with Crippen molar-refractivity contribution in [3.8, 4) is 22.3 Å². The van der Waals surface area contributed by atoms with E-state index in [2.05, 4.69) is 181 Å². The fourth-order valence-electron chi connectivity index (χ4n) is 7.74. The van der Waals surface area contributed by atoms with Crippen LogP contribution in [0.15, 0.2) is 192 Å². The fraction of sp³-hybridized carbons (Fsp3) is 0. The predicted octanol–water partition coefficient (Wildman–Crippen LogP) is 13.8. The van der Waals surface area contributed by atoms with Crippen LogP contribution in [0.5, 0.6) is 0 Å². The van der Waals surface area contributed by atoms with E-state index in [4.69, 9.17) is 4.42 Å². The normalized spacial score (nSPS) is 11.6. The van der Waals surface area contributed by atoms with Gasteiger partial charge in [0.15, 0.2) is 0 Å². The van der Waals surface area contributed by atoms with Gasteiger partial charge in [0.25, 0.3) is 0 Å². The first-order valence-corrected chi connectivity index (χ1v) is 17.1. The van der Waals surface area contributed by atoms with Gasteiger partial charge in [-0.1, -0.05) is 158 Å². The Labute approximate surface area is 290 Å². The molecule has 0 spiro atoms. The third kappa shape index (κ3) is 4.50. The van der Waals surface area contributed by atoms with Gasteiger partial charge in [-0.3, -0.25) is 0 Å². The molecule has 1 aromatic heterocycles. The molecule has 1 heterocycles. The van der Waals surface area contributed by atoms with Crippen molar-refractivity contribution >= 4 is 71.3 Å². The number of para-hydroxylation sites is 3. The summed E-state index contributed by atoms with van der Waals surface area (Å²) in [6, 6.07) is 67.5. The first kappa shape index (κ1) is 28.4. The highest BCUT2D eigenvalue weighted by atomic mass is 16.3. The van der Waals surface area contributed by atoms with E-state index >= 15 is 0 Å². The molecular weight excluding hydrogens is 607 g/mol. The minimum Gasteiger partial charge on any atom is -0.455 e. The van der Waals surface area contributed by atoms with Gasteiger partial charge in [-0.05, 0) is 68.4 Å². The molecule has 10 aromatic rings. The van der Waals surface area contributed by atoms with Crippen molar-refractivity contribution in [1.82, 2.24) is 0 Å². The van der Waals surface area contributed by atoms with Crippen molar-refractivity contribution in [2.24, 2.45) is 0 Å².